The van der Waals surface area contributed by atoms with Gasteiger partial charge in [0.05, 0.1) is 0 Å². The van der Waals surface area contributed by atoms with Gasteiger partial charge in [0.25, 0.3) is 11.8 Å². The molecular weight excluding hydrogens is 870 g/mol. The molecule has 0 spiro atoms. The van der Waals surface area contributed by atoms with E-state index in [1.54, 1.807) is 81.6 Å². The van der Waals surface area contributed by atoms with E-state index < -0.39 is 64.6 Å². The number of nitrogens with one attached hydrogen (secondary N) is 2. The van der Waals surface area contributed by atoms with Gasteiger partial charge in [0.2, 0.25) is 12.5 Å². The van der Waals surface area contributed by atoms with Gasteiger partial charge in [-0.25, -0.2) is 18.8 Å². The number of allylic oxidation sites excluding steroid dienone is 1. The summed E-state index contributed by atoms with van der Waals surface area (Å²) >= 11 is 1.36. The summed E-state index contributed by atoms with van der Waals surface area (Å²) in [7, 11) is 0. The number of ether oxygens (including phenoxy) is 4. The van der Waals surface area contributed by atoms with E-state index in [-0.39, 0.29) is 41.9 Å². The Morgan fingerprint density at radius 1 is 0.879 bits per heavy atom. The van der Waals surface area contributed by atoms with Crippen molar-refractivity contribution in [3.63, 3.8) is 0 Å². The summed E-state index contributed by atoms with van der Waals surface area (Å²) < 4.78 is 38.0. The summed E-state index contributed by atoms with van der Waals surface area (Å²) in [5.41, 5.74) is 1.71. The highest BCUT2D eigenvalue weighted by Crippen LogP contribution is 2.43. The molecule has 1 aromatic heterocycles. The monoisotopic (exact) mass is 920 g/mol. The van der Waals surface area contributed by atoms with Crippen LogP contribution in [0.15, 0.2) is 126 Å². The van der Waals surface area contributed by atoms with Crippen LogP contribution in [0, 0.1) is 5.82 Å². The number of amides is 4. The molecule has 3 aliphatic heterocycles. The second-order valence-corrected chi connectivity index (χ2v) is 18.9. The second-order valence-electron chi connectivity index (χ2n) is 17.8. The van der Waals surface area contributed by atoms with Crippen molar-refractivity contribution in [3.05, 3.63) is 149 Å². The lowest BCUT2D eigenvalue weighted by Gasteiger charge is -2.49. The van der Waals surface area contributed by atoms with Gasteiger partial charge in [0.15, 0.2) is 30.1 Å². The van der Waals surface area contributed by atoms with Crippen LogP contribution in [0.25, 0.3) is 0 Å². The van der Waals surface area contributed by atoms with Crippen LogP contribution in [-0.2, 0) is 46.5 Å². The maximum atomic E-state index is 14.7. The van der Waals surface area contributed by atoms with Crippen molar-refractivity contribution in [1.82, 2.24) is 15.1 Å². The number of aromatic nitrogens is 1. The summed E-state index contributed by atoms with van der Waals surface area (Å²) in [6, 6.07) is 24.8. The Morgan fingerprint density at radius 2 is 1.52 bits per heavy atom. The third-order valence-electron chi connectivity index (χ3n) is 10.3. The molecule has 2 N–H and O–H groups in total. The molecular formula is C49H51FN5O10S+. The molecule has 3 aliphatic rings. The lowest BCUT2D eigenvalue weighted by atomic mass is 10.00. The first-order valence-electron chi connectivity index (χ1n) is 21.3. The summed E-state index contributed by atoms with van der Waals surface area (Å²) in [6.45, 7) is 10.7. The van der Waals surface area contributed by atoms with E-state index in [1.807, 2.05) is 60.7 Å². The minimum Gasteiger partial charge on any atom is -0.448 e. The molecule has 2 fully saturated rings. The van der Waals surface area contributed by atoms with Gasteiger partial charge in [-0.1, -0.05) is 60.7 Å². The van der Waals surface area contributed by atoms with E-state index >= 15 is 0 Å². The fraction of sp³-hybridized carbons (Fsp3) is 0.327. The van der Waals surface area contributed by atoms with Gasteiger partial charge in [-0.2, -0.15) is 4.57 Å². The number of likely N-dealkylation sites (tertiary alicyclic amines) is 1. The van der Waals surface area contributed by atoms with Crippen LogP contribution < -0.4 is 19.9 Å². The lowest BCUT2D eigenvalue weighted by Crippen LogP contribution is -2.70. The first kappa shape index (κ1) is 47.0. The Hall–Kier alpha value is -7.01. The van der Waals surface area contributed by atoms with Gasteiger partial charge >= 0.3 is 18.2 Å². The van der Waals surface area contributed by atoms with E-state index in [2.05, 4.69) is 10.6 Å². The average molecular weight is 921 g/mol. The molecule has 0 saturated carbocycles. The predicted octanol–water partition coefficient (Wildman–Crippen LogP) is 7.12. The number of thioether (sulfide) groups is 1. The Morgan fingerprint density at radius 3 is 2.12 bits per heavy atom. The molecule has 4 heterocycles. The molecule has 0 radical (unpaired) electrons. The molecule has 0 bridgehead atoms. The van der Waals surface area contributed by atoms with E-state index in [0.29, 0.717) is 24.1 Å². The number of rotatable bonds is 12. The Kier molecular flexibility index (Phi) is 14.0. The van der Waals surface area contributed by atoms with Crippen LogP contribution in [0.5, 0.6) is 5.75 Å². The van der Waals surface area contributed by atoms with Crippen molar-refractivity contribution in [2.75, 3.05) is 17.6 Å². The molecule has 344 valence electrons. The number of anilines is 1. The van der Waals surface area contributed by atoms with Gasteiger partial charge in [-0.3, -0.25) is 19.3 Å². The second kappa shape index (κ2) is 19.6. The third kappa shape index (κ3) is 11.6. The molecule has 66 heavy (non-hydrogen) atoms. The maximum Gasteiger partial charge on any atom is 0.514 e. The van der Waals surface area contributed by atoms with Crippen LogP contribution >= 0.6 is 11.8 Å². The highest BCUT2D eigenvalue weighted by Gasteiger charge is 2.55. The number of alkyl carbamates (subject to hydrolysis) is 1. The maximum absolute atomic E-state index is 14.7. The number of pyridine rings is 1. The molecule has 2 saturated heterocycles. The largest absolute Gasteiger partial charge is 0.514 e. The highest BCUT2D eigenvalue weighted by molar-refractivity contribution is 8.00. The number of hydrogen-bond donors (Lipinski definition) is 2. The van der Waals surface area contributed by atoms with Crippen LogP contribution in [0.3, 0.4) is 0 Å². The average Bonchev–Trinajstić information content (AvgIpc) is 3.59. The number of nitrogens with zero attached hydrogens (tertiary/aromatic N) is 3. The smallest absolute Gasteiger partial charge is 0.448 e. The minimum atomic E-state index is -1.05. The number of β-lactam (4-membered cyclic amide) rings is 1. The zero-order valence-electron chi connectivity index (χ0n) is 37.4. The van der Waals surface area contributed by atoms with Gasteiger partial charge < -0.3 is 34.5 Å². The fourth-order valence-electron chi connectivity index (χ4n) is 7.39. The molecule has 2 atom stereocenters. The van der Waals surface area contributed by atoms with Gasteiger partial charge in [0.1, 0.15) is 28.3 Å². The van der Waals surface area contributed by atoms with E-state index in [9.17, 15) is 33.2 Å². The number of carbonyl (C=O) groups excluding carboxylic acids is 6. The van der Waals surface area contributed by atoms with Crippen LogP contribution in [0.1, 0.15) is 70.8 Å². The van der Waals surface area contributed by atoms with Crippen LogP contribution in [0.2, 0.25) is 0 Å². The molecule has 3 aromatic carbocycles. The fourth-order valence-corrected chi connectivity index (χ4v) is 8.70. The summed E-state index contributed by atoms with van der Waals surface area (Å²) in [4.78, 5) is 82.7. The Balaban J connectivity index is 1.04. The van der Waals surface area contributed by atoms with E-state index in [0.717, 1.165) is 22.8 Å². The van der Waals surface area contributed by atoms with Gasteiger partial charge in [0, 0.05) is 48.3 Å². The van der Waals surface area contributed by atoms with E-state index in [4.69, 9.17) is 18.9 Å². The van der Waals surface area contributed by atoms with Crippen molar-refractivity contribution in [3.8, 4) is 5.75 Å². The van der Waals surface area contributed by atoms with Crippen LogP contribution in [-0.4, -0.2) is 80.7 Å². The zero-order chi connectivity index (χ0) is 47.3. The molecule has 7 rings (SSSR count). The number of esters is 1. The van der Waals surface area contributed by atoms with Gasteiger partial charge in [-0.05, 0) is 88.4 Å². The number of halogens is 1. The number of hydrogen-bond acceptors (Lipinski definition) is 11. The molecule has 0 unspecified atom stereocenters. The van der Waals surface area contributed by atoms with Crippen molar-refractivity contribution in [2.24, 2.45) is 0 Å². The van der Waals surface area contributed by atoms with Crippen molar-refractivity contribution in [2.45, 2.75) is 89.8 Å². The predicted molar refractivity (Wildman–Crippen MR) is 241 cm³/mol. The van der Waals surface area contributed by atoms with Crippen molar-refractivity contribution >= 4 is 53.4 Å². The number of carbonyl (C=O) groups is 6. The standard InChI is InChI=1S/C49H50FN5O10S/c1-48(2,3)64-46(60)52-39-43(58)55-40(45(59)63-41(31-13-9-7-10-14-31)32-15-11-8-12-16-32)34(29-66-44(39)55)25-33-21-24-54(42(33)57)27-30-19-22-53(23-20-30)28-38(56)51-35-17-18-37(36(50)26-35)62-47(61)65-49(4,5)6/h7-20,22-23,25-26,39,41,44H,21,24,27-29H2,1-6H3,(H-,51,52,56,60)/p+1/b33-25+/t39-,44-/m1/s1. The zero-order valence-corrected chi connectivity index (χ0v) is 38.2. The number of fused-ring (bicyclic) bond motifs is 1. The molecule has 0 aliphatic carbocycles. The third-order valence-corrected chi connectivity index (χ3v) is 11.6. The topological polar surface area (TPSA) is 174 Å². The highest BCUT2D eigenvalue weighted by atomic mass is 32.2. The van der Waals surface area contributed by atoms with Crippen molar-refractivity contribution < 1.29 is 56.7 Å². The first-order valence-corrected chi connectivity index (χ1v) is 22.3. The quantitative estimate of drug-likeness (QED) is 0.0370. The summed E-state index contributed by atoms with van der Waals surface area (Å²) in [5.74, 6) is -2.89. The van der Waals surface area contributed by atoms with Crippen molar-refractivity contribution in [1.29, 1.82) is 0 Å². The molecule has 17 heteroatoms. The summed E-state index contributed by atoms with van der Waals surface area (Å²) in [6.07, 6.45) is 2.83. The SMILES string of the molecule is CC(C)(C)OC(=O)N[C@@H]1C(=O)N2C(C(=O)OC(c3ccccc3)c3ccccc3)=C(/C=C3\CCN(Cc4cc[n+](CC(=O)Nc5ccc(OC(=O)OC(C)(C)C)c(F)c5)cc4)C3=O)CS[C@H]12. The normalized spacial score (nSPS) is 17.8. The summed E-state index contributed by atoms with van der Waals surface area (Å²) in [5, 5.41) is 4.66. The van der Waals surface area contributed by atoms with Gasteiger partial charge in [-0.15, -0.1) is 11.8 Å². The molecule has 15 nitrogen and oxygen atoms in total. The molecule has 4 aromatic rings. The Labute approximate surface area is 385 Å². The van der Waals surface area contributed by atoms with Crippen LogP contribution in [0.4, 0.5) is 19.7 Å². The minimum absolute atomic E-state index is 0.00705. The first-order chi connectivity index (χ1) is 31.3. The Bertz CT molecular complexity index is 2540. The molecule has 4 amide bonds. The number of benzene rings is 3. The van der Waals surface area contributed by atoms with E-state index in [1.165, 1.54) is 28.8 Å². The lowest BCUT2D eigenvalue weighted by molar-refractivity contribution is -0.684.